The Morgan fingerprint density at radius 3 is 2.32 bits per heavy atom. The van der Waals surface area contributed by atoms with Crippen LogP contribution < -0.4 is 10.0 Å². The highest BCUT2D eigenvalue weighted by molar-refractivity contribution is 7.88. The highest BCUT2D eigenvalue weighted by Crippen LogP contribution is 2.20. The average molecular weight is 332 g/mol. The molecule has 0 aliphatic carbocycles. The first-order chi connectivity index (χ1) is 9.90. The highest BCUT2D eigenvalue weighted by atomic mass is 32.2. The average Bonchev–Trinajstić information content (AvgIpc) is 2.79. The van der Waals surface area contributed by atoms with Crippen LogP contribution in [0.4, 0.5) is 0 Å². The molecule has 3 N–H and O–H groups in total. The monoisotopic (exact) mass is 332 g/mol. The molecule has 0 radical (unpaired) electrons. The molecule has 1 unspecified atom stereocenters. The number of carboxylic acids is 1. The van der Waals surface area contributed by atoms with E-state index in [0.29, 0.717) is 0 Å². The number of furan rings is 1. The third-order valence-electron chi connectivity index (χ3n) is 2.77. The van der Waals surface area contributed by atoms with E-state index in [-0.39, 0.29) is 18.1 Å². The zero-order valence-electron chi connectivity index (χ0n) is 12.8. The van der Waals surface area contributed by atoms with Gasteiger partial charge in [-0.3, -0.25) is 4.79 Å². The van der Waals surface area contributed by atoms with Crippen LogP contribution in [0, 0.1) is 5.41 Å². The van der Waals surface area contributed by atoms with E-state index in [4.69, 9.17) is 9.52 Å². The molecule has 0 aromatic carbocycles. The Bertz CT molecular complexity index is 656. The van der Waals surface area contributed by atoms with Crippen LogP contribution in [0.25, 0.3) is 0 Å². The second kappa shape index (κ2) is 6.49. The number of carboxylic acid groups (broad SMARTS) is 1. The molecule has 22 heavy (non-hydrogen) atoms. The van der Waals surface area contributed by atoms with Gasteiger partial charge in [-0.1, -0.05) is 20.8 Å². The van der Waals surface area contributed by atoms with Crippen LogP contribution in [-0.2, 0) is 21.4 Å². The fourth-order valence-corrected chi connectivity index (χ4v) is 2.59. The van der Waals surface area contributed by atoms with E-state index in [1.807, 2.05) is 0 Å². The third kappa shape index (κ3) is 5.49. The number of carbonyl (C=O) groups is 2. The molecule has 0 aliphatic heterocycles. The van der Waals surface area contributed by atoms with Gasteiger partial charge in [-0.2, -0.15) is 0 Å². The van der Waals surface area contributed by atoms with Crippen LogP contribution in [-0.4, -0.2) is 37.7 Å². The maximum atomic E-state index is 12.2. The molecule has 0 fully saturated rings. The van der Waals surface area contributed by atoms with E-state index in [1.54, 1.807) is 20.8 Å². The Labute approximate surface area is 128 Å². The lowest BCUT2D eigenvalue weighted by molar-refractivity contribution is -0.125. The minimum atomic E-state index is -3.55. The number of hydrogen-bond acceptors (Lipinski definition) is 5. The molecule has 1 aromatic heterocycles. The summed E-state index contributed by atoms with van der Waals surface area (Å²) in [6.45, 7) is 5.14. The van der Waals surface area contributed by atoms with Gasteiger partial charge in [0.15, 0.2) is 0 Å². The number of amides is 1. The van der Waals surface area contributed by atoms with E-state index in [1.165, 1.54) is 12.1 Å². The fraction of sp³-hybridized carbons (Fsp3) is 0.538. The zero-order chi connectivity index (χ0) is 17.1. The first-order valence-corrected chi connectivity index (χ1v) is 8.36. The maximum Gasteiger partial charge on any atom is 0.371 e. The first-order valence-electron chi connectivity index (χ1n) is 6.47. The van der Waals surface area contributed by atoms with Gasteiger partial charge in [-0.15, -0.1) is 0 Å². The number of rotatable bonds is 6. The van der Waals surface area contributed by atoms with Crippen LogP contribution in [0.5, 0.6) is 0 Å². The van der Waals surface area contributed by atoms with Crippen molar-refractivity contribution in [3.05, 3.63) is 23.7 Å². The third-order valence-corrected chi connectivity index (χ3v) is 3.43. The summed E-state index contributed by atoms with van der Waals surface area (Å²) < 4.78 is 30.0. The van der Waals surface area contributed by atoms with Crippen molar-refractivity contribution in [2.45, 2.75) is 33.4 Å². The summed E-state index contributed by atoms with van der Waals surface area (Å²) in [7, 11) is -3.55. The summed E-state index contributed by atoms with van der Waals surface area (Å²) in [6, 6.07) is 1.75. The van der Waals surface area contributed by atoms with Crippen LogP contribution >= 0.6 is 0 Å². The molecular weight excluding hydrogens is 312 g/mol. The largest absolute Gasteiger partial charge is 0.475 e. The predicted molar refractivity (Wildman–Crippen MR) is 78.7 cm³/mol. The van der Waals surface area contributed by atoms with Crippen LogP contribution in [0.3, 0.4) is 0 Å². The highest BCUT2D eigenvalue weighted by Gasteiger charge is 2.33. The second-order valence-corrected chi connectivity index (χ2v) is 7.76. The molecular formula is C13H20N2O6S. The van der Waals surface area contributed by atoms with E-state index in [2.05, 4.69) is 10.0 Å². The van der Waals surface area contributed by atoms with Crippen LogP contribution in [0.2, 0.25) is 0 Å². The standard InChI is InChI=1S/C13H20N2O6S/c1-13(2,3)10(15-22(4,19)20)11(16)14-7-8-5-6-9(21-8)12(17)18/h5-6,10,15H,7H2,1-4H3,(H,14,16)(H,17,18). The molecule has 1 amide bonds. The molecule has 1 heterocycles. The Balaban J connectivity index is 2.76. The van der Waals surface area contributed by atoms with Gasteiger partial charge in [-0.25, -0.2) is 17.9 Å². The van der Waals surface area contributed by atoms with Gasteiger partial charge in [0.1, 0.15) is 11.8 Å². The summed E-state index contributed by atoms with van der Waals surface area (Å²) >= 11 is 0. The topological polar surface area (TPSA) is 126 Å². The summed E-state index contributed by atoms with van der Waals surface area (Å²) in [4.78, 5) is 22.9. The molecule has 0 saturated carbocycles. The molecule has 1 aromatic rings. The normalized spacial score (nSPS) is 13.6. The number of sulfonamides is 1. The van der Waals surface area contributed by atoms with Crippen molar-refractivity contribution >= 4 is 21.9 Å². The molecule has 9 heteroatoms. The number of hydrogen-bond donors (Lipinski definition) is 3. The lowest BCUT2D eigenvalue weighted by Crippen LogP contribution is -2.53. The van der Waals surface area contributed by atoms with Crippen molar-refractivity contribution in [1.29, 1.82) is 0 Å². The van der Waals surface area contributed by atoms with Crippen molar-refractivity contribution in [3.63, 3.8) is 0 Å². The zero-order valence-corrected chi connectivity index (χ0v) is 13.7. The van der Waals surface area contributed by atoms with E-state index >= 15 is 0 Å². The summed E-state index contributed by atoms with van der Waals surface area (Å²) in [5, 5.41) is 11.3. The minimum Gasteiger partial charge on any atom is -0.475 e. The molecule has 0 spiro atoms. The number of nitrogens with one attached hydrogen (secondary N) is 2. The molecule has 8 nitrogen and oxygen atoms in total. The van der Waals surface area contributed by atoms with Gasteiger partial charge in [0.25, 0.3) is 0 Å². The quantitative estimate of drug-likeness (QED) is 0.699. The van der Waals surface area contributed by atoms with E-state index in [9.17, 15) is 18.0 Å². The molecule has 0 bridgehead atoms. The Hall–Kier alpha value is -1.87. The lowest BCUT2D eigenvalue weighted by Gasteiger charge is -2.29. The molecule has 1 atom stereocenters. The van der Waals surface area contributed by atoms with E-state index in [0.717, 1.165) is 6.26 Å². The lowest BCUT2D eigenvalue weighted by atomic mass is 9.87. The summed E-state index contributed by atoms with van der Waals surface area (Å²) in [5.74, 6) is -1.70. The number of aromatic carboxylic acids is 1. The Morgan fingerprint density at radius 2 is 1.91 bits per heavy atom. The minimum absolute atomic E-state index is 0.0376. The van der Waals surface area contributed by atoms with Crippen LogP contribution in [0.1, 0.15) is 37.1 Å². The molecule has 0 aliphatic rings. The Kier molecular flexibility index (Phi) is 5.36. The summed E-state index contributed by atoms with van der Waals surface area (Å²) in [6.07, 6.45) is 0.977. The van der Waals surface area contributed by atoms with Crippen molar-refractivity contribution in [1.82, 2.24) is 10.0 Å². The number of carbonyl (C=O) groups excluding carboxylic acids is 1. The van der Waals surface area contributed by atoms with Crippen molar-refractivity contribution in [3.8, 4) is 0 Å². The first kappa shape index (κ1) is 18.2. The van der Waals surface area contributed by atoms with Gasteiger partial charge in [-0.05, 0) is 17.5 Å². The maximum absolute atomic E-state index is 12.2. The van der Waals surface area contributed by atoms with Crippen LogP contribution in [0.15, 0.2) is 16.5 Å². The van der Waals surface area contributed by atoms with E-state index < -0.39 is 33.4 Å². The van der Waals surface area contributed by atoms with Crippen molar-refractivity contribution in [2.24, 2.45) is 5.41 Å². The fourth-order valence-electron chi connectivity index (χ4n) is 1.70. The van der Waals surface area contributed by atoms with Gasteiger partial charge in [0.05, 0.1) is 12.8 Å². The molecule has 1 rings (SSSR count). The van der Waals surface area contributed by atoms with Gasteiger partial charge >= 0.3 is 5.97 Å². The SMILES string of the molecule is CC(C)(C)C(NS(C)(=O)=O)C(=O)NCc1ccc(C(=O)O)o1. The van der Waals surface area contributed by atoms with Gasteiger partial charge < -0.3 is 14.8 Å². The smallest absolute Gasteiger partial charge is 0.371 e. The van der Waals surface area contributed by atoms with Crippen molar-refractivity contribution < 1.29 is 27.5 Å². The van der Waals surface area contributed by atoms with Gasteiger partial charge in [0.2, 0.25) is 21.7 Å². The molecule has 0 saturated heterocycles. The van der Waals surface area contributed by atoms with Crippen molar-refractivity contribution in [2.75, 3.05) is 6.26 Å². The molecule has 124 valence electrons. The summed E-state index contributed by atoms with van der Waals surface area (Å²) in [5.41, 5.74) is -0.636. The Morgan fingerprint density at radius 1 is 1.32 bits per heavy atom. The van der Waals surface area contributed by atoms with Gasteiger partial charge in [0, 0.05) is 0 Å². The second-order valence-electron chi connectivity index (χ2n) is 5.98. The predicted octanol–water partition coefficient (Wildman–Crippen LogP) is 0.558.